The van der Waals surface area contributed by atoms with Gasteiger partial charge in [-0.15, -0.1) is 13.2 Å². The van der Waals surface area contributed by atoms with Crippen molar-refractivity contribution >= 4 is 5.91 Å². The maximum absolute atomic E-state index is 12.3. The van der Waals surface area contributed by atoms with E-state index in [-0.39, 0.29) is 24.6 Å². The molecule has 1 aromatic rings. The predicted molar refractivity (Wildman–Crippen MR) is 75.2 cm³/mol. The van der Waals surface area contributed by atoms with Gasteiger partial charge in [0.2, 0.25) is 5.91 Å². The second kappa shape index (κ2) is 6.56. The van der Waals surface area contributed by atoms with Crippen LogP contribution in [0.4, 0.5) is 13.2 Å². The monoisotopic (exact) mass is 316 g/mol. The summed E-state index contributed by atoms with van der Waals surface area (Å²) in [5.41, 5.74) is 5.57. The average Bonchev–Trinajstić information content (AvgIpc) is 2.87. The highest BCUT2D eigenvalue weighted by molar-refractivity contribution is 5.86. The van der Waals surface area contributed by atoms with Gasteiger partial charge in [0.05, 0.1) is 5.54 Å². The number of nitrogens with two attached hydrogens (primary N) is 1. The van der Waals surface area contributed by atoms with Crippen molar-refractivity contribution in [2.45, 2.75) is 44.0 Å². The molecule has 1 saturated carbocycles. The van der Waals surface area contributed by atoms with Crippen molar-refractivity contribution < 1.29 is 22.7 Å². The van der Waals surface area contributed by atoms with Gasteiger partial charge in [0, 0.05) is 6.54 Å². The van der Waals surface area contributed by atoms with Crippen molar-refractivity contribution in [3.05, 3.63) is 29.8 Å². The first-order valence-corrected chi connectivity index (χ1v) is 7.21. The number of hydrogen-bond donors (Lipinski definition) is 2. The molecule has 0 unspecified atom stereocenters. The second-order valence-electron chi connectivity index (χ2n) is 5.52. The molecule has 2 rings (SSSR count). The summed E-state index contributed by atoms with van der Waals surface area (Å²) >= 11 is 0. The quantitative estimate of drug-likeness (QED) is 0.877. The number of alkyl halides is 3. The minimum Gasteiger partial charge on any atom is -0.406 e. The number of benzene rings is 1. The summed E-state index contributed by atoms with van der Waals surface area (Å²) in [6, 6.07) is 5.89. The van der Waals surface area contributed by atoms with Gasteiger partial charge < -0.3 is 15.8 Å². The minimum atomic E-state index is -4.73. The van der Waals surface area contributed by atoms with E-state index in [0.717, 1.165) is 12.8 Å². The van der Waals surface area contributed by atoms with Crippen molar-refractivity contribution in [3.8, 4) is 5.75 Å². The van der Waals surface area contributed by atoms with Crippen LogP contribution >= 0.6 is 0 Å². The second-order valence-corrected chi connectivity index (χ2v) is 5.52. The summed E-state index contributed by atoms with van der Waals surface area (Å²) in [6.45, 7) is 0.218. The topological polar surface area (TPSA) is 64.4 Å². The van der Waals surface area contributed by atoms with Gasteiger partial charge >= 0.3 is 6.36 Å². The molecule has 1 amide bonds. The van der Waals surface area contributed by atoms with Crippen LogP contribution in [0.3, 0.4) is 0 Å². The summed E-state index contributed by atoms with van der Waals surface area (Å²) in [5, 5.41) is 2.70. The van der Waals surface area contributed by atoms with Gasteiger partial charge in [0.25, 0.3) is 0 Å². The highest BCUT2D eigenvalue weighted by Crippen LogP contribution is 2.28. The lowest BCUT2D eigenvalue weighted by atomic mass is 9.98. The fraction of sp³-hybridized carbons (Fsp3) is 0.533. The third kappa shape index (κ3) is 4.37. The smallest absolute Gasteiger partial charge is 0.406 e. The Morgan fingerprint density at radius 3 is 2.55 bits per heavy atom. The average molecular weight is 316 g/mol. The molecule has 0 bridgehead atoms. The van der Waals surface area contributed by atoms with Crippen LogP contribution in [0.5, 0.6) is 5.75 Å². The molecule has 0 spiro atoms. The Balaban J connectivity index is 1.90. The molecule has 7 heteroatoms. The molecule has 0 heterocycles. The van der Waals surface area contributed by atoms with Gasteiger partial charge in [-0.2, -0.15) is 0 Å². The van der Waals surface area contributed by atoms with Crippen LogP contribution in [0.1, 0.15) is 31.2 Å². The van der Waals surface area contributed by atoms with E-state index in [1.165, 1.54) is 12.1 Å². The lowest BCUT2D eigenvalue weighted by Gasteiger charge is -2.22. The van der Waals surface area contributed by atoms with E-state index >= 15 is 0 Å². The van der Waals surface area contributed by atoms with Crippen LogP contribution in [0.25, 0.3) is 0 Å². The van der Waals surface area contributed by atoms with Gasteiger partial charge in [-0.25, -0.2) is 0 Å². The minimum absolute atomic E-state index is 0.218. The van der Waals surface area contributed by atoms with Crippen LogP contribution < -0.4 is 15.8 Å². The first kappa shape index (κ1) is 16.6. The molecule has 4 nitrogen and oxygen atoms in total. The van der Waals surface area contributed by atoms with E-state index in [9.17, 15) is 18.0 Å². The van der Waals surface area contributed by atoms with Crippen LogP contribution in [0, 0.1) is 0 Å². The number of carbonyl (C=O) groups is 1. The van der Waals surface area contributed by atoms with Crippen molar-refractivity contribution in [1.29, 1.82) is 0 Å². The molecule has 0 saturated heterocycles. The molecule has 22 heavy (non-hydrogen) atoms. The molecule has 0 aromatic heterocycles. The third-order valence-electron chi connectivity index (χ3n) is 3.83. The van der Waals surface area contributed by atoms with Crippen LogP contribution in [0.2, 0.25) is 0 Å². The summed E-state index contributed by atoms with van der Waals surface area (Å²) in [4.78, 5) is 12.0. The molecular formula is C15H19F3N2O2. The standard InChI is InChI=1S/C15H19F3N2O2/c16-15(17,18)22-12-6-2-1-5-11(12)7-10-20-13(21)14(19)8-3-4-9-14/h1-2,5-6H,3-4,7-10,19H2,(H,20,21). The fourth-order valence-corrected chi connectivity index (χ4v) is 2.65. The normalized spacial score (nSPS) is 17.3. The van der Waals surface area contributed by atoms with Gasteiger partial charge in [-0.3, -0.25) is 4.79 Å². The maximum Gasteiger partial charge on any atom is 0.573 e. The van der Waals surface area contributed by atoms with E-state index in [0.29, 0.717) is 18.4 Å². The highest BCUT2D eigenvalue weighted by Gasteiger charge is 2.36. The van der Waals surface area contributed by atoms with Crippen LogP contribution in [0.15, 0.2) is 24.3 Å². The Hall–Kier alpha value is -1.76. The van der Waals surface area contributed by atoms with Crippen LogP contribution in [-0.2, 0) is 11.2 Å². The Morgan fingerprint density at radius 2 is 1.91 bits per heavy atom. The molecular weight excluding hydrogens is 297 g/mol. The first-order valence-electron chi connectivity index (χ1n) is 7.21. The van der Waals surface area contributed by atoms with E-state index in [4.69, 9.17) is 5.73 Å². The number of ether oxygens (including phenoxy) is 1. The first-order chi connectivity index (χ1) is 10.3. The largest absolute Gasteiger partial charge is 0.573 e. The van der Waals surface area contributed by atoms with E-state index in [2.05, 4.69) is 10.1 Å². The van der Waals surface area contributed by atoms with E-state index in [1.54, 1.807) is 12.1 Å². The van der Waals surface area contributed by atoms with E-state index in [1.807, 2.05) is 0 Å². The summed E-state index contributed by atoms with van der Waals surface area (Å²) in [6.07, 6.45) is -1.35. The third-order valence-corrected chi connectivity index (χ3v) is 3.83. The van der Waals surface area contributed by atoms with Crippen molar-refractivity contribution in [2.75, 3.05) is 6.54 Å². The van der Waals surface area contributed by atoms with Gasteiger partial charge in [0.1, 0.15) is 5.75 Å². The number of nitrogens with one attached hydrogen (secondary N) is 1. The Morgan fingerprint density at radius 1 is 1.27 bits per heavy atom. The fourth-order valence-electron chi connectivity index (χ4n) is 2.65. The Kier molecular flexibility index (Phi) is 4.95. The van der Waals surface area contributed by atoms with E-state index < -0.39 is 11.9 Å². The molecule has 1 aromatic carbocycles. The number of halogens is 3. The van der Waals surface area contributed by atoms with Crippen molar-refractivity contribution in [1.82, 2.24) is 5.32 Å². The molecule has 1 aliphatic carbocycles. The van der Waals surface area contributed by atoms with Crippen molar-refractivity contribution in [3.63, 3.8) is 0 Å². The maximum atomic E-state index is 12.3. The predicted octanol–water partition coefficient (Wildman–Crippen LogP) is 2.52. The lowest BCUT2D eigenvalue weighted by Crippen LogP contribution is -2.52. The summed E-state index contributed by atoms with van der Waals surface area (Å²) < 4.78 is 40.9. The molecule has 1 aliphatic rings. The SMILES string of the molecule is NC1(C(=O)NCCc2ccccc2OC(F)(F)F)CCCC1. The highest BCUT2D eigenvalue weighted by atomic mass is 19.4. The molecule has 122 valence electrons. The summed E-state index contributed by atoms with van der Waals surface area (Å²) in [7, 11) is 0. The van der Waals surface area contributed by atoms with Gasteiger partial charge in [0.15, 0.2) is 0 Å². The van der Waals surface area contributed by atoms with Crippen LogP contribution in [-0.4, -0.2) is 24.4 Å². The number of para-hydroxylation sites is 1. The molecule has 1 fully saturated rings. The Labute approximate surface area is 126 Å². The molecule has 0 aliphatic heterocycles. The van der Waals surface area contributed by atoms with Crippen molar-refractivity contribution in [2.24, 2.45) is 5.73 Å². The molecule has 3 N–H and O–H groups in total. The zero-order chi connectivity index (χ0) is 16.2. The molecule has 0 atom stereocenters. The van der Waals surface area contributed by atoms with Gasteiger partial charge in [-0.1, -0.05) is 31.0 Å². The van der Waals surface area contributed by atoms with Gasteiger partial charge in [-0.05, 0) is 30.9 Å². The summed E-state index contributed by atoms with van der Waals surface area (Å²) in [5.74, 6) is -0.480. The number of amides is 1. The molecule has 0 radical (unpaired) electrons. The number of hydrogen-bond acceptors (Lipinski definition) is 3. The number of rotatable bonds is 5. The number of carbonyl (C=O) groups excluding carboxylic acids is 1. The zero-order valence-corrected chi connectivity index (χ0v) is 12.1. The zero-order valence-electron chi connectivity index (χ0n) is 12.1. The Bertz CT molecular complexity index is 526. The lowest BCUT2D eigenvalue weighted by molar-refractivity contribution is -0.274.